The van der Waals surface area contributed by atoms with Crippen molar-refractivity contribution in [2.24, 2.45) is 5.92 Å². The highest BCUT2D eigenvalue weighted by Gasteiger charge is 2.23. The second kappa shape index (κ2) is 10.0. The van der Waals surface area contributed by atoms with Gasteiger partial charge >= 0.3 is 6.03 Å². The minimum Gasteiger partial charge on any atom is -0.493 e. The average Bonchev–Trinajstić information content (AvgIpc) is 3.52. The van der Waals surface area contributed by atoms with Gasteiger partial charge < -0.3 is 14.4 Å². The first-order valence-corrected chi connectivity index (χ1v) is 11.3. The monoisotopic (exact) mass is 425 g/mol. The summed E-state index contributed by atoms with van der Waals surface area (Å²) in [7, 11) is -3.61. The van der Waals surface area contributed by atoms with Crippen LogP contribution in [0, 0.1) is 5.92 Å². The molecule has 1 aliphatic heterocycles. The normalized spacial score (nSPS) is 17.3. The van der Waals surface area contributed by atoms with Crippen molar-refractivity contribution < 1.29 is 27.5 Å². The molecule has 1 saturated heterocycles. The van der Waals surface area contributed by atoms with E-state index in [1.807, 2.05) is 0 Å². The van der Waals surface area contributed by atoms with Crippen molar-refractivity contribution >= 4 is 22.0 Å². The molecule has 3 amide bonds. The molecular formula is C19H27N3O6S. The van der Waals surface area contributed by atoms with Crippen LogP contribution in [-0.2, 0) is 19.6 Å². The first-order chi connectivity index (χ1) is 13.9. The lowest BCUT2D eigenvalue weighted by atomic mass is 10.3. The summed E-state index contributed by atoms with van der Waals surface area (Å²) in [5, 5.41) is 2.25. The Bertz CT molecular complexity index is 825. The Kier molecular flexibility index (Phi) is 7.45. The zero-order chi connectivity index (χ0) is 20.7. The largest absolute Gasteiger partial charge is 0.493 e. The second-order valence-corrected chi connectivity index (χ2v) is 8.95. The van der Waals surface area contributed by atoms with E-state index in [-0.39, 0.29) is 17.3 Å². The third-order valence-corrected chi connectivity index (χ3v) is 6.16. The van der Waals surface area contributed by atoms with Gasteiger partial charge in [0.2, 0.25) is 15.9 Å². The van der Waals surface area contributed by atoms with Gasteiger partial charge in [0.25, 0.3) is 0 Å². The van der Waals surface area contributed by atoms with Crippen LogP contribution in [0.3, 0.4) is 0 Å². The fourth-order valence-corrected chi connectivity index (χ4v) is 3.89. The summed E-state index contributed by atoms with van der Waals surface area (Å²) in [6, 6.07) is 6.10. The summed E-state index contributed by atoms with van der Waals surface area (Å²) < 4.78 is 38.5. The van der Waals surface area contributed by atoms with Gasteiger partial charge in [0.1, 0.15) is 5.75 Å². The Morgan fingerprint density at radius 3 is 2.79 bits per heavy atom. The van der Waals surface area contributed by atoms with Crippen LogP contribution in [0.25, 0.3) is 0 Å². The predicted octanol–water partition coefficient (Wildman–Crippen LogP) is 1.10. The van der Waals surface area contributed by atoms with Crippen molar-refractivity contribution in [1.29, 1.82) is 0 Å². The summed E-state index contributed by atoms with van der Waals surface area (Å²) in [6.45, 7) is 2.34. The highest BCUT2D eigenvalue weighted by molar-refractivity contribution is 7.89. The number of carbonyl (C=O) groups is 2. The summed E-state index contributed by atoms with van der Waals surface area (Å²) in [5.41, 5.74) is 0. The fourth-order valence-electron chi connectivity index (χ4n) is 2.78. The average molecular weight is 426 g/mol. The van der Waals surface area contributed by atoms with Crippen LogP contribution in [0.2, 0.25) is 0 Å². The van der Waals surface area contributed by atoms with Crippen LogP contribution in [0.1, 0.15) is 25.7 Å². The molecule has 0 aromatic heterocycles. The molecule has 2 N–H and O–H groups in total. The van der Waals surface area contributed by atoms with E-state index in [0.717, 1.165) is 0 Å². The van der Waals surface area contributed by atoms with E-state index in [2.05, 4.69) is 10.0 Å². The number of benzene rings is 1. The molecule has 0 spiro atoms. The number of amides is 3. The standard InChI is InChI=1S/C19H27N3O6S/c23-18-7-9-22(19(24)21-18)10-12-27-11-2-8-20-29(25,26)17-4-1-3-16(13-17)28-14-15-5-6-15/h1,3-4,13,15,20H,2,5-12,14H2,(H,21,23,24). The molecule has 1 aromatic carbocycles. The number of nitrogens with zero attached hydrogens (tertiary/aromatic N) is 1. The van der Waals surface area contributed by atoms with Crippen LogP contribution < -0.4 is 14.8 Å². The van der Waals surface area contributed by atoms with Crippen molar-refractivity contribution in [3.63, 3.8) is 0 Å². The first-order valence-electron chi connectivity index (χ1n) is 9.83. The van der Waals surface area contributed by atoms with E-state index < -0.39 is 16.1 Å². The van der Waals surface area contributed by atoms with E-state index >= 15 is 0 Å². The number of sulfonamides is 1. The molecule has 29 heavy (non-hydrogen) atoms. The third kappa shape index (κ3) is 6.98. The Hall–Kier alpha value is -2.17. The summed E-state index contributed by atoms with van der Waals surface area (Å²) in [6.07, 6.45) is 3.14. The van der Waals surface area contributed by atoms with Crippen molar-refractivity contribution in [2.75, 3.05) is 39.5 Å². The van der Waals surface area contributed by atoms with Gasteiger partial charge in [0, 0.05) is 38.7 Å². The zero-order valence-corrected chi connectivity index (χ0v) is 17.1. The van der Waals surface area contributed by atoms with Gasteiger partial charge in [-0.3, -0.25) is 10.1 Å². The topological polar surface area (TPSA) is 114 Å². The van der Waals surface area contributed by atoms with Gasteiger partial charge in [0.05, 0.1) is 18.1 Å². The molecule has 1 saturated carbocycles. The number of hydrogen-bond donors (Lipinski definition) is 2. The lowest BCUT2D eigenvalue weighted by Gasteiger charge is -2.26. The molecule has 10 heteroatoms. The second-order valence-electron chi connectivity index (χ2n) is 7.18. The molecular weight excluding hydrogens is 398 g/mol. The highest BCUT2D eigenvalue weighted by Crippen LogP contribution is 2.29. The number of ether oxygens (including phenoxy) is 2. The van der Waals surface area contributed by atoms with E-state index in [9.17, 15) is 18.0 Å². The number of rotatable bonds is 12. The van der Waals surface area contributed by atoms with Gasteiger partial charge in [-0.25, -0.2) is 17.9 Å². The molecule has 1 heterocycles. The van der Waals surface area contributed by atoms with E-state index in [4.69, 9.17) is 9.47 Å². The van der Waals surface area contributed by atoms with Crippen molar-refractivity contribution in [3.05, 3.63) is 24.3 Å². The Morgan fingerprint density at radius 1 is 1.21 bits per heavy atom. The molecule has 0 unspecified atom stereocenters. The number of hydrogen-bond acceptors (Lipinski definition) is 6. The summed E-state index contributed by atoms with van der Waals surface area (Å²) in [5.74, 6) is 0.895. The SMILES string of the molecule is O=C1CCN(CCOCCCNS(=O)(=O)c2cccc(OCC3CC3)c2)C(=O)N1. The van der Waals surface area contributed by atoms with Gasteiger partial charge in [-0.05, 0) is 37.3 Å². The third-order valence-electron chi connectivity index (χ3n) is 4.70. The molecule has 160 valence electrons. The highest BCUT2D eigenvalue weighted by atomic mass is 32.2. The van der Waals surface area contributed by atoms with Crippen LogP contribution in [0.4, 0.5) is 4.79 Å². The molecule has 0 bridgehead atoms. The van der Waals surface area contributed by atoms with E-state index in [1.165, 1.54) is 29.9 Å². The maximum absolute atomic E-state index is 12.4. The van der Waals surface area contributed by atoms with E-state index in [1.54, 1.807) is 12.1 Å². The molecule has 9 nitrogen and oxygen atoms in total. The molecule has 0 radical (unpaired) electrons. The van der Waals surface area contributed by atoms with Crippen molar-refractivity contribution in [3.8, 4) is 5.75 Å². The van der Waals surface area contributed by atoms with Gasteiger partial charge in [0.15, 0.2) is 0 Å². The smallest absolute Gasteiger partial charge is 0.324 e. The van der Waals surface area contributed by atoms with E-state index in [0.29, 0.717) is 57.4 Å². The van der Waals surface area contributed by atoms with Gasteiger partial charge in [-0.2, -0.15) is 0 Å². The van der Waals surface area contributed by atoms with Crippen LogP contribution in [0.5, 0.6) is 5.75 Å². The maximum Gasteiger partial charge on any atom is 0.324 e. The molecule has 1 aliphatic carbocycles. The fraction of sp³-hybridized carbons (Fsp3) is 0.579. The Labute approximate surface area is 170 Å². The number of carbonyl (C=O) groups excluding carboxylic acids is 2. The zero-order valence-electron chi connectivity index (χ0n) is 16.3. The van der Waals surface area contributed by atoms with Crippen molar-refractivity contribution in [2.45, 2.75) is 30.6 Å². The molecule has 0 atom stereocenters. The van der Waals surface area contributed by atoms with Crippen LogP contribution >= 0.6 is 0 Å². The van der Waals surface area contributed by atoms with Gasteiger partial charge in [-0.15, -0.1) is 0 Å². The number of urea groups is 1. The number of imide groups is 1. The lowest BCUT2D eigenvalue weighted by Crippen LogP contribution is -2.50. The molecule has 2 aliphatic rings. The Morgan fingerprint density at radius 2 is 2.03 bits per heavy atom. The minimum atomic E-state index is -3.61. The Balaban J connectivity index is 1.31. The molecule has 2 fully saturated rings. The van der Waals surface area contributed by atoms with Crippen LogP contribution in [0.15, 0.2) is 29.2 Å². The quantitative estimate of drug-likeness (QED) is 0.485. The lowest BCUT2D eigenvalue weighted by molar-refractivity contribution is -0.121. The summed E-state index contributed by atoms with van der Waals surface area (Å²) in [4.78, 5) is 24.3. The van der Waals surface area contributed by atoms with Crippen LogP contribution in [-0.4, -0.2) is 64.7 Å². The molecule has 1 aromatic rings. The van der Waals surface area contributed by atoms with Gasteiger partial charge in [-0.1, -0.05) is 6.07 Å². The van der Waals surface area contributed by atoms with Crippen molar-refractivity contribution in [1.82, 2.24) is 14.9 Å². The first kappa shape index (κ1) is 21.5. The molecule has 3 rings (SSSR count). The predicted molar refractivity (Wildman–Crippen MR) is 105 cm³/mol. The number of nitrogens with one attached hydrogen (secondary N) is 2. The minimum absolute atomic E-state index is 0.178. The maximum atomic E-state index is 12.4. The summed E-state index contributed by atoms with van der Waals surface area (Å²) >= 11 is 0.